The molecular formula is C17H19ClN2O5S. The molecule has 0 spiro atoms. The van der Waals surface area contributed by atoms with E-state index in [1.165, 1.54) is 0 Å². The summed E-state index contributed by atoms with van der Waals surface area (Å²) in [6.45, 7) is 1.60. The first-order chi connectivity index (χ1) is 12.1. The highest BCUT2D eigenvalue weighted by Crippen LogP contribution is 2.20. The van der Waals surface area contributed by atoms with E-state index in [9.17, 15) is 18.0 Å². The molecule has 1 aromatic carbocycles. The summed E-state index contributed by atoms with van der Waals surface area (Å²) >= 11 is 5.84. The van der Waals surface area contributed by atoms with E-state index in [1.807, 2.05) is 0 Å². The molecule has 0 radical (unpaired) electrons. The second kappa shape index (κ2) is 8.03. The number of aromatic nitrogens is 1. The molecule has 0 unspecified atom stereocenters. The average molecular weight is 399 g/mol. The molecule has 0 bridgehead atoms. The zero-order chi connectivity index (χ0) is 19.5. The van der Waals surface area contributed by atoms with Gasteiger partial charge in [-0.15, -0.1) is 0 Å². The van der Waals surface area contributed by atoms with E-state index in [0.29, 0.717) is 22.0 Å². The maximum Gasteiger partial charge on any atom is 0.266 e. The molecule has 0 aliphatic heterocycles. The van der Waals surface area contributed by atoms with Crippen molar-refractivity contribution in [1.82, 2.24) is 9.88 Å². The van der Waals surface area contributed by atoms with Crippen LogP contribution >= 0.6 is 11.6 Å². The van der Waals surface area contributed by atoms with Crippen LogP contribution in [0.2, 0.25) is 5.02 Å². The molecule has 7 nitrogen and oxygen atoms in total. The second-order valence-corrected chi connectivity index (χ2v) is 7.88. The van der Waals surface area contributed by atoms with Gasteiger partial charge in [-0.1, -0.05) is 11.6 Å². The van der Waals surface area contributed by atoms with Gasteiger partial charge in [0, 0.05) is 29.9 Å². The van der Waals surface area contributed by atoms with Crippen LogP contribution in [0.4, 0.5) is 0 Å². The number of nitrogens with one attached hydrogen (secondary N) is 1. The van der Waals surface area contributed by atoms with Gasteiger partial charge in [-0.25, -0.2) is 0 Å². The number of ketones is 1. The van der Waals surface area contributed by atoms with Crippen molar-refractivity contribution < 1.29 is 22.6 Å². The molecule has 0 saturated carbocycles. The lowest BCUT2D eigenvalue weighted by molar-refractivity contribution is -0.120. The Kier molecular flexibility index (Phi) is 6.22. The van der Waals surface area contributed by atoms with Crippen molar-refractivity contribution in [3.8, 4) is 0 Å². The first kappa shape index (κ1) is 20.2. The molecule has 26 heavy (non-hydrogen) atoms. The van der Waals surface area contributed by atoms with Crippen molar-refractivity contribution in [2.75, 3.05) is 12.3 Å². The molecule has 0 saturated heterocycles. The van der Waals surface area contributed by atoms with Gasteiger partial charge in [-0.2, -0.15) is 8.42 Å². The smallest absolute Gasteiger partial charge is 0.266 e. The highest BCUT2D eigenvalue weighted by molar-refractivity contribution is 7.85. The van der Waals surface area contributed by atoms with E-state index < -0.39 is 21.8 Å². The van der Waals surface area contributed by atoms with Gasteiger partial charge >= 0.3 is 0 Å². The van der Waals surface area contributed by atoms with E-state index >= 15 is 0 Å². The van der Waals surface area contributed by atoms with Crippen molar-refractivity contribution in [2.24, 2.45) is 7.05 Å². The first-order valence-corrected chi connectivity index (χ1v) is 9.74. The summed E-state index contributed by atoms with van der Waals surface area (Å²) in [6.07, 6.45) is -0.0171. The van der Waals surface area contributed by atoms with Crippen molar-refractivity contribution >= 4 is 33.4 Å². The Hall–Kier alpha value is -2.16. The molecule has 2 rings (SSSR count). The third-order valence-corrected chi connectivity index (χ3v) is 4.84. The molecule has 9 heteroatoms. The molecule has 0 aliphatic rings. The van der Waals surface area contributed by atoms with Crippen molar-refractivity contribution in [1.29, 1.82) is 0 Å². The van der Waals surface area contributed by atoms with E-state index in [2.05, 4.69) is 5.32 Å². The Morgan fingerprint density at radius 2 is 1.85 bits per heavy atom. The Balaban J connectivity index is 2.13. The van der Waals surface area contributed by atoms with Crippen LogP contribution in [0.15, 0.2) is 30.3 Å². The van der Waals surface area contributed by atoms with Gasteiger partial charge in [0.2, 0.25) is 11.7 Å². The molecule has 1 aromatic heterocycles. The minimum absolute atomic E-state index is 0.0171. The molecular weight excluding hydrogens is 380 g/mol. The van der Waals surface area contributed by atoms with Crippen LogP contribution in [-0.2, 0) is 28.4 Å². The maximum atomic E-state index is 12.7. The van der Waals surface area contributed by atoms with Crippen molar-refractivity contribution in [3.63, 3.8) is 0 Å². The molecule has 140 valence electrons. The number of halogens is 1. The van der Waals surface area contributed by atoms with Gasteiger partial charge < -0.3 is 9.88 Å². The van der Waals surface area contributed by atoms with Crippen LogP contribution in [0.25, 0.3) is 0 Å². The molecule has 0 fully saturated rings. The van der Waals surface area contributed by atoms with Crippen LogP contribution in [0.1, 0.15) is 27.3 Å². The minimum Gasteiger partial charge on any atom is -0.355 e. The fraction of sp³-hybridized carbons (Fsp3) is 0.294. The van der Waals surface area contributed by atoms with Gasteiger partial charge in [0.15, 0.2) is 0 Å². The monoisotopic (exact) mass is 398 g/mol. The normalized spacial score (nSPS) is 11.4. The molecule has 1 amide bonds. The predicted molar refractivity (Wildman–Crippen MR) is 98.2 cm³/mol. The van der Waals surface area contributed by atoms with Crippen LogP contribution in [0, 0.1) is 6.92 Å². The second-order valence-electron chi connectivity index (χ2n) is 5.88. The Morgan fingerprint density at radius 3 is 2.42 bits per heavy atom. The first-order valence-electron chi connectivity index (χ1n) is 7.76. The summed E-state index contributed by atoms with van der Waals surface area (Å²) in [5, 5.41) is 2.95. The Labute approximate surface area is 156 Å². The van der Waals surface area contributed by atoms with Gasteiger partial charge in [-0.3, -0.25) is 14.1 Å². The summed E-state index contributed by atoms with van der Waals surface area (Å²) in [4.78, 5) is 24.7. The zero-order valence-electron chi connectivity index (χ0n) is 14.3. The zero-order valence-corrected chi connectivity index (χ0v) is 15.9. The van der Waals surface area contributed by atoms with Crippen LogP contribution in [0.3, 0.4) is 0 Å². The average Bonchev–Trinajstić information content (AvgIpc) is 2.80. The highest BCUT2D eigenvalue weighted by Gasteiger charge is 2.19. The lowest BCUT2D eigenvalue weighted by Crippen LogP contribution is -2.30. The molecule has 2 N–H and O–H groups in total. The van der Waals surface area contributed by atoms with Gasteiger partial charge in [0.1, 0.15) is 0 Å². The highest BCUT2D eigenvalue weighted by atomic mass is 35.5. The van der Waals surface area contributed by atoms with Crippen LogP contribution in [0.5, 0.6) is 0 Å². The van der Waals surface area contributed by atoms with E-state index in [-0.39, 0.29) is 18.7 Å². The number of carbonyl (C=O) groups is 2. The number of aryl methyl sites for hydroxylation is 1. The van der Waals surface area contributed by atoms with Gasteiger partial charge in [0.25, 0.3) is 10.1 Å². The van der Waals surface area contributed by atoms with Crippen LogP contribution < -0.4 is 5.32 Å². The molecule has 0 atom stereocenters. The maximum absolute atomic E-state index is 12.7. The van der Waals surface area contributed by atoms with Crippen LogP contribution in [-0.4, -0.2) is 41.5 Å². The molecule has 2 aromatic rings. The number of hydrogen-bond acceptors (Lipinski definition) is 4. The van der Waals surface area contributed by atoms with Gasteiger partial charge in [0.05, 0.1) is 17.9 Å². The van der Waals surface area contributed by atoms with E-state index in [0.717, 1.165) is 5.56 Å². The van der Waals surface area contributed by atoms with E-state index in [1.54, 1.807) is 48.9 Å². The minimum atomic E-state index is -4.12. The lowest BCUT2D eigenvalue weighted by atomic mass is 10.1. The standard InChI is InChI=1S/C17H19ClN2O5S/c1-11-9-14(10-15(21)19-7-8-26(23,24)25)20(2)16(11)17(22)12-3-5-13(18)6-4-12/h3-6,9H,7-8,10H2,1-2H3,(H,19,21)(H,23,24,25). The number of hydrogen-bond donors (Lipinski definition) is 2. The number of nitrogens with zero attached hydrogens (tertiary/aromatic N) is 1. The number of rotatable bonds is 7. The lowest BCUT2D eigenvalue weighted by Gasteiger charge is -2.09. The fourth-order valence-corrected chi connectivity index (χ4v) is 3.09. The van der Waals surface area contributed by atoms with Crippen molar-refractivity contribution in [2.45, 2.75) is 13.3 Å². The fourth-order valence-electron chi connectivity index (χ4n) is 2.61. The summed E-state index contributed by atoms with van der Waals surface area (Å²) in [7, 11) is -2.43. The topological polar surface area (TPSA) is 105 Å². The summed E-state index contributed by atoms with van der Waals surface area (Å²) < 4.78 is 31.6. The predicted octanol–water partition coefficient (Wildman–Crippen LogP) is 1.76. The third kappa shape index (κ3) is 5.17. The van der Waals surface area contributed by atoms with E-state index in [4.69, 9.17) is 16.2 Å². The summed E-state index contributed by atoms with van der Waals surface area (Å²) in [6, 6.07) is 8.29. The van der Waals surface area contributed by atoms with Gasteiger partial charge in [-0.05, 0) is 42.8 Å². The molecule has 0 aliphatic carbocycles. The molecule has 1 heterocycles. The number of benzene rings is 1. The number of carbonyl (C=O) groups excluding carboxylic acids is 2. The largest absolute Gasteiger partial charge is 0.355 e. The van der Waals surface area contributed by atoms with Crippen molar-refractivity contribution in [3.05, 3.63) is 57.9 Å². The summed E-state index contributed by atoms with van der Waals surface area (Å²) in [5.41, 5.74) is 2.30. The quantitative estimate of drug-likeness (QED) is 0.546. The SMILES string of the molecule is Cc1cc(CC(=O)NCCS(=O)(=O)O)n(C)c1C(=O)c1ccc(Cl)cc1. The third-order valence-electron chi connectivity index (χ3n) is 3.87. The number of amides is 1. The Morgan fingerprint density at radius 1 is 1.23 bits per heavy atom. The summed E-state index contributed by atoms with van der Waals surface area (Å²) in [5.74, 6) is -1.13. The Bertz CT molecular complexity index is 933.